The molecule has 0 rings (SSSR count). The van der Waals surface area contributed by atoms with Crippen molar-refractivity contribution >= 4 is 34.8 Å². The number of alkyl halides is 26. The number of halogens is 26. The van der Waals surface area contributed by atoms with Gasteiger partial charge in [0.2, 0.25) is 0 Å². The second-order valence-electron chi connectivity index (χ2n) is 8.90. The van der Waals surface area contributed by atoms with E-state index in [1.807, 2.05) is 0 Å². The largest absolute Gasteiger partial charge is 0.471 e. The SMILES string of the molecule is FC(F)(F)C(F)(F)C(F)(F)C(F)(F)C(F)(F)C(F)(F)CCOC(=S)NC(=S)OCCC(F)(F)C(F)(F)C(F)(F)C(F)(F)C(F)(F)C(F)(F)F. The molecule has 292 valence electrons. The molecule has 0 spiro atoms. The summed E-state index contributed by atoms with van der Waals surface area (Å²) in [5.41, 5.74) is 0. The molecule has 0 bridgehead atoms. The van der Waals surface area contributed by atoms with Crippen LogP contribution in [0.4, 0.5) is 114 Å². The summed E-state index contributed by atoms with van der Waals surface area (Å²) in [4.78, 5) is 0. The first-order valence-electron chi connectivity index (χ1n) is 11.0. The zero-order valence-corrected chi connectivity index (χ0v) is 23.4. The quantitative estimate of drug-likeness (QED) is 0.139. The molecule has 0 amide bonds. The molecule has 0 atom stereocenters. The molecule has 0 aliphatic rings. The highest BCUT2D eigenvalue weighted by Crippen LogP contribution is 2.62. The van der Waals surface area contributed by atoms with E-state index in [1.54, 1.807) is 0 Å². The van der Waals surface area contributed by atoms with Crippen LogP contribution < -0.4 is 5.32 Å². The molecule has 31 heteroatoms. The van der Waals surface area contributed by atoms with Gasteiger partial charge in [-0.1, -0.05) is 0 Å². The van der Waals surface area contributed by atoms with Crippen LogP contribution >= 0.6 is 24.4 Å². The molecule has 0 aliphatic heterocycles. The minimum Gasteiger partial charge on any atom is -0.471 e. The number of hydrogen-bond donors (Lipinski definition) is 1. The average molecular weight is 829 g/mol. The van der Waals surface area contributed by atoms with E-state index in [9.17, 15) is 114 Å². The van der Waals surface area contributed by atoms with Crippen molar-refractivity contribution < 1.29 is 124 Å². The van der Waals surface area contributed by atoms with Gasteiger partial charge in [-0.05, 0) is 24.4 Å². The summed E-state index contributed by atoms with van der Waals surface area (Å²) >= 11 is 8.07. The molecule has 0 aromatic carbocycles. The van der Waals surface area contributed by atoms with E-state index in [-0.39, 0.29) is 0 Å². The Morgan fingerprint density at radius 1 is 0.347 bits per heavy atom. The zero-order chi connectivity index (χ0) is 40.1. The summed E-state index contributed by atoms with van der Waals surface area (Å²) in [6, 6.07) is 0. The van der Waals surface area contributed by atoms with Gasteiger partial charge in [-0.3, -0.25) is 5.32 Å². The summed E-state index contributed by atoms with van der Waals surface area (Å²) in [5.74, 6) is -77.6. The van der Waals surface area contributed by atoms with Gasteiger partial charge in [0.1, 0.15) is 0 Å². The highest BCUT2D eigenvalue weighted by Gasteiger charge is 2.92. The van der Waals surface area contributed by atoms with Gasteiger partial charge in [-0.25, -0.2) is 0 Å². The number of rotatable bonds is 14. The maximum atomic E-state index is 13.7. The smallest absolute Gasteiger partial charge is 0.460 e. The Morgan fingerprint density at radius 3 is 0.755 bits per heavy atom. The van der Waals surface area contributed by atoms with Gasteiger partial charge >= 0.3 is 71.6 Å². The molecular formula is C18H9F26NO2S2. The fourth-order valence-corrected chi connectivity index (χ4v) is 3.03. The van der Waals surface area contributed by atoms with Crippen molar-refractivity contribution in [1.29, 1.82) is 0 Å². The van der Waals surface area contributed by atoms with Crippen LogP contribution in [0, 0.1) is 0 Å². The van der Waals surface area contributed by atoms with Gasteiger partial charge in [0.25, 0.3) is 10.3 Å². The lowest BCUT2D eigenvalue weighted by Crippen LogP contribution is -2.70. The Bertz CT molecular complexity index is 1100. The van der Waals surface area contributed by atoms with E-state index < -0.39 is 108 Å². The van der Waals surface area contributed by atoms with E-state index >= 15 is 0 Å². The Hall–Kier alpha value is -2.24. The van der Waals surface area contributed by atoms with Gasteiger partial charge in [0.15, 0.2) is 0 Å². The van der Waals surface area contributed by atoms with Gasteiger partial charge in [-0.2, -0.15) is 114 Å². The van der Waals surface area contributed by atoms with Crippen molar-refractivity contribution in [2.45, 2.75) is 84.4 Å². The lowest BCUT2D eigenvalue weighted by molar-refractivity contribution is -0.440. The molecule has 0 aromatic heterocycles. The topological polar surface area (TPSA) is 30.5 Å². The number of thiocarbonyl (C=S) groups is 2. The third-order valence-electron chi connectivity index (χ3n) is 5.50. The standard InChI is InChI=1S/C18H9F26NO2S2/c19-7(20,9(23,24)11(27,28)13(31,32)15(35,36)17(39,40)41)1-3-46-5(48)45-6(49)47-4-2-8(21,22)10(25,26)12(29,30)14(33,34)16(37,38)18(42,43)44/h1-4H2,(H,45,48,49). The third-order valence-corrected chi connectivity index (χ3v) is 5.94. The van der Waals surface area contributed by atoms with Crippen LogP contribution in [0.25, 0.3) is 0 Å². The number of ether oxygens (including phenoxy) is 2. The molecule has 0 aromatic rings. The minimum absolute atomic E-state index is 1.18. The molecule has 0 saturated carbocycles. The molecule has 0 saturated heterocycles. The fourth-order valence-electron chi connectivity index (χ4n) is 2.62. The highest BCUT2D eigenvalue weighted by atomic mass is 32.1. The zero-order valence-electron chi connectivity index (χ0n) is 21.8. The predicted molar refractivity (Wildman–Crippen MR) is 111 cm³/mol. The Labute approximate surface area is 262 Å². The summed E-state index contributed by atoms with van der Waals surface area (Å²) in [5, 5.41) is -2.12. The van der Waals surface area contributed by atoms with Gasteiger partial charge < -0.3 is 9.47 Å². The molecule has 0 fully saturated rings. The summed E-state index contributed by atoms with van der Waals surface area (Å²) in [7, 11) is 0. The van der Waals surface area contributed by atoms with Gasteiger partial charge in [0.05, 0.1) is 26.1 Å². The van der Waals surface area contributed by atoms with Crippen LogP contribution in [0.3, 0.4) is 0 Å². The summed E-state index contributed by atoms with van der Waals surface area (Å²) in [6.07, 6.45) is -21.4. The van der Waals surface area contributed by atoms with Crippen molar-refractivity contribution in [2.24, 2.45) is 0 Å². The van der Waals surface area contributed by atoms with Crippen molar-refractivity contribution in [3.05, 3.63) is 0 Å². The van der Waals surface area contributed by atoms with E-state index in [2.05, 4.69) is 33.9 Å². The predicted octanol–water partition coefficient (Wildman–Crippen LogP) is 9.44. The van der Waals surface area contributed by atoms with Crippen molar-refractivity contribution in [3.8, 4) is 0 Å². The monoisotopic (exact) mass is 829 g/mol. The van der Waals surface area contributed by atoms with E-state index in [0.717, 1.165) is 0 Å². The van der Waals surface area contributed by atoms with Gasteiger partial charge in [0, 0.05) is 0 Å². The number of hydrogen-bond acceptors (Lipinski definition) is 4. The average Bonchev–Trinajstić information content (AvgIpc) is 2.86. The lowest BCUT2D eigenvalue weighted by Gasteiger charge is -2.39. The van der Waals surface area contributed by atoms with Crippen LogP contribution in [-0.2, 0) is 9.47 Å². The second-order valence-corrected chi connectivity index (χ2v) is 9.64. The first-order chi connectivity index (χ1) is 21.0. The van der Waals surface area contributed by atoms with E-state index in [1.165, 1.54) is 5.32 Å². The number of nitrogens with one attached hydrogen (secondary N) is 1. The second kappa shape index (κ2) is 13.4. The molecule has 0 heterocycles. The molecule has 49 heavy (non-hydrogen) atoms. The molecule has 0 aliphatic carbocycles. The van der Waals surface area contributed by atoms with Crippen LogP contribution in [0.1, 0.15) is 12.8 Å². The third kappa shape index (κ3) is 7.83. The van der Waals surface area contributed by atoms with Crippen molar-refractivity contribution in [3.63, 3.8) is 0 Å². The normalized spacial score (nSPS) is 15.6. The Balaban J connectivity index is 5.49. The molecular weight excluding hydrogens is 820 g/mol. The first kappa shape index (κ1) is 46.8. The van der Waals surface area contributed by atoms with Crippen molar-refractivity contribution in [2.75, 3.05) is 13.2 Å². The molecule has 3 nitrogen and oxygen atoms in total. The molecule has 1 N–H and O–H groups in total. The highest BCUT2D eigenvalue weighted by molar-refractivity contribution is 7.81. The first-order valence-corrected chi connectivity index (χ1v) is 11.8. The Morgan fingerprint density at radius 2 is 0.551 bits per heavy atom. The summed E-state index contributed by atoms with van der Waals surface area (Å²) < 4.78 is 347. The van der Waals surface area contributed by atoms with Crippen molar-refractivity contribution in [1.82, 2.24) is 5.32 Å². The molecule has 0 radical (unpaired) electrons. The van der Waals surface area contributed by atoms with Gasteiger partial charge in [-0.15, -0.1) is 0 Å². The fraction of sp³-hybridized carbons (Fsp3) is 0.889. The van der Waals surface area contributed by atoms with E-state index in [0.29, 0.717) is 0 Å². The lowest BCUT2D eigenvalue weighted by atomic mass is 9.93. The Kier molecular flexibility index (Phi) is 12.8. The van der Waals surface area contributed by atoms with Crippen LogP contribution in [0.2, 0.25) is 0 Å². The molecule has 0 unspecified atom stereocenters. The van der Waals surface area contributed by atoms with Crippen LogP contribution in [-0.4, -0.2) is 95.1 Å². The summed E-state index contributed by atoms with van der Waals surface area (Å²) in [6.45, 7) is -4.44. The maximum absolute atomic E-state index is 13.7. The van der Waals surface area contributed by atoms with Crippen LogP contribution in [0.5, 0.6) is 0 Å². The van der Waals surface area contributed by atoms with Crippen LogP contribution in [0.15, 0.2) is 0 Å². The van der Waals surface area contributed by atoms with E-state index in [4.69, 9.17) is 0 Å². The minimum atomic E-state index is -8.22. The maximum Gasteiger partial charge on any atom is 0.460 e.